The minimum Gasteiger partial charge on any atom is -0.444 e. The lowest BCUT2D eigenvalue weighted by atomic mass is 10.2. The molecule has 18 heavy (non-hydrogen) atoms. The SMILES string of the molecule is CC(C)(C)OC(=O)N1C[C@@H](O)[C@H](n2cccn2)C1. The second-order valence-electron chi connectivity index (χ2n) is 5.51. The molecule has 0 aliphatic carbocycles. The summed E-state index contributed by atoms with van der Waals surface area (Å²) < 4.78 is 6.96. The number of amides is 1. The van der Waals surface area contributed by atoms with Crippen molar-refractivity contribution >= 4 is 6.09 Å². The number of likely N-dealkylation sites (tertiary alicyclic amines) is 1. The number of nitrogens with zero attached hydrogens (tertiary/aromatic N) is 3. The molecule has 0 radical (unpaired) electrons. The summed E-state index contributed by atoms with van der Waals surface area (Å²) in [6.45, 7) is 6.16. The Bertz CT molecular complexity index is 411. The van der Waals surface area contributed by atoms with E-state index in [0.717, 1.165) is 0 Å². The minimum atomic E-state index is -0.614. The highest BCUT2D eigenvalue weighted by molar-refractivity contribution is 5.68. The average Bonchev–Trinajstić information content (AvgIpc) is 2.82. The molecule has 1 N–H and O–H groups in total. The van der Waals surface area contributed by atoms with Gasteiger partial charge in [0.1, 0.15) is 5.60 Å². The van der Waals surface area contributed by atoms with Gasteiger partial charge >= 0.3 is 6.09 Å². The zero-order valence-corrected chi connectivity index (χ0v) is 10.9. The van der Waals surface area contributed by atoms with Gasteiger partial charge in [0.05, 0.1) is 18.7 Å². The Labute approximate surface area is 106 Å². The molecule has 0 saturated carbocycles. The lowest BCUT2D eigenvalue weighted by molar-refractivity contribution is 0.0270. The maximum absolute atomic E-state index is 11.9. The average molecular weight is 253 g/mol. The molecule has 2 heterocycles. The van der Waals surface area contributed by atoms with Gasteiger partial charge in [0, 0.05) is 18.9 Å². The van der Waals surface area contributed by atoms with Crippen molar-refractivity contribution in [2.75, 3.05) is 13.1 Å². The smallest absolute Gasteiger partial charge is 0.410 e. The van der Waals surface area contributed by atoms with Crippen molar-refractivity contribution in [3.63, 3.8) is 0 Å². The van der Waals surface area contributed by atoms with Crippen LogP contribution in [-0.2, 0) is 4.74 Å². The molecule has 1 aliphatic heterocycles. The van der Waals surface area contributed by atoms with Gasteiger partial charge < -0.3 is 14.7 Å². The summed E-state index contributed by atoms with van der Waals surface area (Å²) in [5.74, 6) is 0. The van der Waals surface area contributed by atoms with E-state index < -0.39 is 17.8 Å². The summed E-state index contributed by atoms with van der Waals surface area (Å²) in [5.41, 5.74) is -0.522. The summed E-state index contributed by atoms with van der Waals surface area (Å²) >= 11 is 0. The first-order chi connectivity index (χ1) is 8.37. The second kappa shape index (κ2) is 4.61. The topological polar surface area (TPSA) is 67.6 Å². The van der Waals surface area contributed by atoms with E-state index in [1.165, 1.54) is 4.90 Å². The number of hydrogen-bond acceptors (Lipinski definition) is 4. The van der Waals surface area contributed by atoms with Crippen LogP contribution in [0.1, 0.15) is 26.8 Å². The predicted molar refractivity (Wildman–Crippen MR) is 65.1 cm³/mol. The molecule has 0 unspecified atom stereocenters. The van der Waals surface area contributed by atoms with Crippen LogP contribution in [0.15, 0.2) is 18.5 Å². The summed E-state index contributed by atoms with van der Waals surface area (Å²) in [7, 11) is 0. The summed E-state index contributed by atoms with van der Waals surface area (Å²) in [6, 6.07) is 1.59. The summed E-state index contributed by atoms with van der Waals surface area (Å²) in [5, 5.41) is 14.1. The first-order valence-corrected chi connectivity index (χ1v) is 6.02. The molecule has 2 atom stereocenters. The zero-order chi connectivity index (χ0) is 13.3. The van der Waals surface area contributed by atoms with Crippen molar-refractivity contribution < 1.29 is 14.6 Å². The Morgan fingerprint density at radius 3 is 2.72 bits per heavy atom. The van der Waals surface area contributed by atoms with E-state index in [4.69, 9.17) is 4.74 Å². The van der Waals surface area contributed by atoms with Crippen LogP contribution in [0.4, 0.5) is 4.79 Å². The maximum Gasteiger partial charge on any atom is 0.410 e. The van der Waals surface area contributed by atoms with Crippen molar-refractivity contribution in [2.24, 2.45) is 0 Å². The maximum atomic E-state index is 11.9. The molecule has 1 fully saturated rings. The van der Waals surface area contributed by atoms with Gasteiger partial charge in [0.15, 0.2) is 0 Å². The van der Waals surface area contributed by atoms with Gasteiger partial charge in [-0.25, -0.2) is 4.79 Å². The third kappa shape index (κ3) is 2.81. The minimum absolute atomic E-state index is 0.201. The van der Waals surface area contributed by atoms with Gasteiger partial charge in [-0.15, -0.1) is 0 Å². The Morgan fingerprint density at radius 1 is 1.44 bits per heavy atom. The summed E-state index contributed by atoms with van der Waals surface area (Å²) in [6.07, 6.45) is 2.43. The molecule has 2 rings (SSSR count). The van der Waals surface area contributed by atoms with Crippen LogP contribution in [0.5, 0.6) is 0 Å². The highest BCUT2D eigenvalue weighted by Gasteiger charge is 2.37. The third-order valence-corrected chi connectivity index (χ3v) is 2.78. The van der Waals surface area contributed by atoms with E-state index in [-0.39, 0.29) is 12.6 Å². The number of aliphatic hydroxyl groups excluding tert-OH is 1. The van der Waals surface area contributed by atoms with E-state index in [0.29, 0.717) is 6.54 Å². The number of carbonyl (C=O) groups is 1. The molecule has 1 amide bonds. The van der Waals surface area contributed by atoms with E-state index in [9.17, 15) is 9.90 Å². The normalized spacial score (nSPS) is 24.3. The van der Waals surface area contributed by atoms with Gasteiger partial charge in [-0.1, -0.05) is 0 Å². The number of ether oxygens (including phenoxy) is 1. The van der Waals surface area contributed by atoms with Gasteiger partial charge in [-0.2, -0.15) is 5.10 Å². The largest absolute Gasteiger partial charge is 0.444 e. The number of aliphatic hydroxyl groups is 1. The Hall–Kier alpha value is -1.56. The summed E-state index contributed by atoms with van der Waals surface area (Å²) in [4.78, 5) is 13.4. The molecule has 6 heteroatoms. The molecule has 1 saturated heterocycles. The Balaban J connectivity index is 2.00. The van der Waals surface area contributed by atoms with Crippen molar-refractivity contribution in [2.45, 2.75) is 38.5 Å². The second-order valence-corrected chi connectivity index (χ2v) is 5.51. The Morgan fingerprint density at radius 2 is 2.17 bits per heavy atom. The fraction of sp³-hybridized carbons (Fsp3) is 0.667. The van der Waals surface area contributed by atoms with Crippen LogP contribution < -0.4 is 0 Å². The van der Waals surface area contributed by atoms with Gasteiger partial charge in [0.25, 0.3) is 0 Å². The quantitative estimate of drug-likeness (QED) is 0.812. The standard InChI is InChI=1S/C12H19N3O3/c1-12(2,3)18-11(17)14-7-9(10(16)8-14)15-6-4-5-13-15/h4-6,9-10,16H,7-8H2,1-3H3/t9-,10-/m1/s1. The fourth-order valence-electron chi connectivity index (χ4n) is 1.98. The van der Waals surface area contributed by atoms with Crippen LogP contribution in [0.25, 0.3) is 0 Å². The molecular formula is C12H19N3O3. The van der Waals surface area contributed by atoms with Crippen molar-refractivity contribution in [1.82, 2.24) is 14.7 Å². The van der Waals surface area contributed by atoms with E-state index >= 15 is 0 Å². The highest BCUT2D eigenvalue weighted by Crippen LogP contribution is 2.23. The first kappa shape index (κ1) is 12.9. The van der Waals surface area contributed by atoms with Crippen LogP contribution in [0, 0.1) is 0 Å². The van der Waals surface area contributed by atoms with Gasteiger partial charge in [-0.05, 0) is 26.8 Å². The molecule has 1 aromatic rings. The van der Waals surface area contributed by atoms with Crippen LogP contribution in [0.2, 0.25) is 0 Å². The van der Waals surface area contributed by atoms with Crippen molar-refractivity contribution in [3.05, 3.63) is 18.5 Å². The molecule has 0 spiro atoms. The van der Waals surface area contributed by atoms with E-state index in [1.54, 1.807) is 23.1 Å². The lowest BCUT2D eigenvalue weighted by Crippen LogP contribution is -2.35. The van der Waals surface area contributed by atoms with E-state index in [2.05, 4.69) is 5.10 Å². The number of carbonyl (C=O) groups excluding carboxylic acids is 1. The van der Waals surface area contributed by atoms with Crippen molar-refractivity contribution in [1.29, 1.82) is 0 Å². The number of hydrogen-bond donors (Lipinski definition) is 1. The fourth-order valence-corrected chi connectivity index (χ4v) is 1.98. The number of β-amino-alcohol motifs (C(OH)–C–C–N with tert-alkyl or cyclic N) is 1. The number of aromatic nitrogens is 2. The molecule has 0 aromatic carbocycles. The molecule has 0 bridgehead atoms. The van der Waals surface area contributed by atoms with Crippen molar-refractivity contribution in [3.8, 4) is 0 Å². The van der Waals surface area contributed by atoms with Crippen LogP contribution in [0.3, 0.4) is 0 Å². The predicted octanol–water partition coefficient (Wildman–Crippen LogP) is 1.04. The monoisotopic (exact) mass is 253 g/mol. The lowest BCUT2D eigenvalue weighted by Gasteiger charge is -2.24. The molecule has 1 aromatic heterocycles. The number of rotatable bonds is 1. The molecular weight excluding hydrogens is 234 g/mol. The molecule has 100 valence electrons. The molecule has 6 nitrogen and oxygen atoms in total. The van der Waals surface area contributed by atoms with Crippen LogP contribution >= 0.6 is 0 Å². The van der Waals surface area contributed by atoms with Gasteiger partial charge in [0.2, 0.25) is 0 Å². The Kier molecular flexibility index (Phi) is 3.30. The first-order valence-electron chi connectivity index (χ1n) is 6.02. The highest BCUT2D eigenvalue weighted by atomic mass is 16.6. The van der Waals surface area contributed by atoms with Crippen LogP contribution in [-0.4, -0.2) is 50.7 Å². The van der Waals surface area contributed by atoms with Gasteiger partial charge in [-0.3, -0.25) is 4.68 Å². The van der Waals surface area contributed by atoms with E-state index in [1.807, 2.05) is 20.8 Å². The third-order valence-electron chi connectivity index (χ3n) is 2.78. The zero-order valence-electron chi connectivity index (χ0n) is 10.9. The molecule has 1 aliphatic rings.